The number of hydrogen-bond donors (Lipinski definition) is 1. The smallest absolute Gasteiger partial charge is 0.303 e. The molecule has 1 aliphatic carbocycles. The van der Waals surface area contributed by atoms with Gasteiger partial charge in [-0.25, -0.2) is 4.98 Å². The third-order valence-corrected chi connectivity index (χ3v) is 4.79. The van der Waals surface area contributed by atoms with Gasteiger partial charge in [0.05, 0.1) is 11.9 Å². The molecule has 0 spiro atoms. The van der Waals surface area contributed by atoms with E-state index in [1.54, 1.807) is 17.1 Å². The number of rotatable bonds is 5. The molecule has 8 heteroatoms. The Kier molecular flexibility index (Phi) is 4.62. The Hall–Kier alpha value is -3.16. The zero-order valence-corrected chi connectivity index (χ0v) is 15.2. The lowest BCUT2D eigenvalue weighted by Gasteiger charge is -2.29. The Bertz CT molecular complexity index is 976. The number of amides is 1. The molecule has 1 amide bonds. The number of aromatic nitrogens is 5. The van der Waals surface area contributed by atoms with Gasteiger partial charge in [-0.3, -0.25) is 13.9 Å². The van der Waals surface area contributed by atoms with Crippen molar-refractivity contribution in [3.05, 3.63) is 43.5 Å². The van der Waals surface area contributed by atoms with Crippen molar-refractivity contribution in [2.75, 3.05) is 0 Å². The number of imidazole rings is 1. The van der Waals surface area contributed by atoms with Crippen LogP contribution in [0.2, 0.25) is 0 Å². The minimum Gasteiger partial charge on any atom is -0.461 e. The molecule has 4 rings (SSSR count). The van der Waals surface area contributed by atoms with Gasteiger partial charge >= 0.3 is 6.01 Å². The van der Waals surface area contributed by atoms with Crippen LogP contribution < -0.4 is 10.1 Å². The highest BCUT2D eigenvalue weighted by Gasteiger charge is 2.25. The average molecular weight is 366 g/mol. The van der Waals surface area contributed by atoms with Crippen molar-refractivity contribution in [1.82, 2.24) is 29.5 Å². The van der Waals surface area contributed by atoms with Gasteiger partial charge in [0.25, 0.3) is 0 Å². The van der Waals surface area contributed by atoms with E-state index in [1.807, 2.05) is 29.9 Å². The summed E-state index contributed by atoms with van der Waals surface area (Å²) in [5.41, 5.74) is 2.45. The van der Waals surface area contributed by atoms with Crippen LogP contribution in [0.25, 0.3) is 16.9 Å². The predicted molar refractivity (Wildman–Crippen MR) is 100 cm³/mol. The largest absolute Gasteiger partial charge is 0.461 e. The Morgan fingerprint density at radius 1 is 1.44 bits per heavy atom. The molecule has 0 radical (unpaired) electrons. The van der Waals surface area contributed by atoms with Crippen molar-refractivity contribution >= 4 is 11.6 Å². The van der Waals surface area contributed by atoms with Crippen LogP contribution in [0.3, 0.4) is 0 Å². The van der Waals surface area contributed by atoms with Crippen LogP contribution in [0, 0.1) is 0 Å². The van der Waals surface area contributed by atoms with Crippen molar-refractivity contribution in [2.24, 2.45) is 7.05 Å². The Morgan fingerprint density at radius 3 is 3.11 bits per heavy atom. The Balaban J connectivity index is 1.58. The summed E-state index contributed by atoms with van der Waals surface area (Å²) in [5, 5.41) is 7.18. The molecule has 1 saturated carbocycles. The molecule has 2 unspecified atom stereocenters. The first-order valence-electron chi connectivity index (χ1n) is 9.05. The molecule has 0 aliphatic heterocycles. The SMILES string of the molecule is C=CC(=O)NC1CCCC(Oc2nc(-c3cnn(C)c3)cc3nccn23)C1. The van der Waals surface area contributed by atoms with Gasteiger partial charge in [-0.2, -0.15) is 10.1 Å². The molecule has 3 aromatic heterocycles. The summed E-state index contributed by atoms with van der Waals surface area (Å²) in [6, 6.07) is 2.51. The highest BCUT2D eigenvalue weighted by Crippen LogP contribution is 2.26. The number of aryl methyl sites for hydroxylation is 1. The van der Waals surface area contributed by atoms with Crippen LogP contribution in [-0.4, -0.2) is 42.2 Å². The van der Waals surface area contributed by atoms with Gasteiger partial charge in [0.15, 0.2) is 0 Å². The van der Waals surface area contributed by atoms with E-state index >= 15 is 0 Å². The van der Waals surface area contributed by atoms with Gasteiger partial charge in [-0.05, 0) is 25.3 Å². The molecule has 1 N–H and O–H groups in total. The zero-order chi connectivity index (χ0) is 18.8. The number of ether oxygens (including phenoxy) is 1. The summed E-state index contributed by atoms with van der Waals surface area (Å²) in [7, 11) is 1.87. The van der Waals surface area contributed by atoms with Gasteiger partial charge in [-0.1, -0.05) is 6.58 Å². The maximum Gasteiger partial charge on any atom is 0.303 e. The third-order valence-electron chi connectivity index (χ3n) is 4.79. The second-order valence-corrected chi connectivity index (χ2v) is 6.80. The molecule has 0 saturated heterocycles. The molecule has 3 aromatic rings. The molecular formula is C19H22N6O2. The lowest BCUT2D eigenvalue weighted by molar-refractivity contribution is -0.117. The van der Waals surface area contributed by atoms with Crippen molar-refractivity contribution in [3.8, 4) is 17.3 Å². The molecular weight excluding hydrogens is 344 g/mol. The highest BCUT2D eigenvalue weighted by molar-refractivity contribution is 5.87. The van der Waals surface area contributed by atoms with Gasteiger partial charge in [-0.15, -0.1) is 0 Å². The molecule has 1 fully saturated rings. The molecule has 1 aliphatic rings. The van der Waals surface area contributed by atoms with Crippen LogP contribution >= 0.6 is 0 Å². The number of hydrogen-bond acceptors (Lipinski definition) is 5. The van der Waals surface area contributed by atoms with Crippen molar-refractivity contribution in [1.29, 1.82) is 0 Å². The molecule has 0 aromatic carbocycles. The van der Waals surface area contributed by atoms with E-state index < -0.39 is 0 Å². The van der Waals surface area contributed by atoms with Crippen LogP contribution in [0.5, 0.6) is 6.01 Å². The quantitative estimate of drug-likeness (QED) is 0.699. The van der Waals surface area contributed by atoms with Gasteiger partial charge in [0, 0.05) is 49.7 Å². The zero-order valence-electron chi connectivity index (χ0n) is 15.2. The summed E-state index contributed by atoms with van der Waals surface area (Å²) in [4.78, 5) is 20.7. The number of nitrogens with one attached hydrogen (secondary N) is 1. The summed E-state index contributed by atoms with van der Waals surface area (Å²) >= 11 is 0. The second kappa shape index (κ2) is 7.22. The average Bonchev–Trinajstić information content (AvgIpc) is 3.30. The monoisotopic (exact) mass is 366 g/mol. The lowest BCUT2D eigenvalue weighted by Crippen LogP contribution is -2.40. The first-order chi connectivity index (χ1) is 13.1. The Labute approximate surface area is 156 Å². The second-order valence-electron chi connectivity index (χ2n) is 6.80. The number of nitrogens with zero attached hydrogens (tertiary/aromatic N) is 5. The summed E-state index contributed by atoms with van der Waals surface area (Å²) < 4.78 is 9.83. The van der Waals surface area contributed by atoms with Crippen molar-refractivity contribution in [3.63, 3.8) is 0 Å². The van der Waals surface area contributed by atoms with Crippen LogP contribution in [0.1, 0.15) is 25.7 Å². The molecule has 8 nitrogen and oxygen atoms in total. The molecule has 27 heavy (non-hydrogen) atoms. The number of fused-ring (bicyclic) bond motifs is 1. The summed E-state index contributed by atoms with van der Waals surface area (Å²) in [6.07, 6.45) is 12.1. The van der Waals surface area contributed by atoms with E-state index in [2.05, 4.69) is 22.0 Å². The minimum absolute atomic E-state index is 0.0175. The van der Waals surface area contributed by atoms with Gasteiger partial charge in [0.2, 0.25) is 5.91 Å². The number of carbonyl (C=O) groups excluding carboxylic acids is 1. The molecule has 0 bridgehead atoms. The fourth-order valence-corrected chi connectivity index (χ4v) is 3.47. The third kappa shape index (κ3) is 3.69. The minimum atomic E-state index is -0.144. The normalized spacial score (nSPS) is 19.7. The van der Waals surface area contributed by atoms with E-state index in [1.165, 1.54) is 6.08 Å². The highest BCUT2D eigenvalue weighted by atomic mass is 16.5. The first kappa shape index (κ1) is 17.3. The lowest BCUT2D eigenvalue weighted by atomic mass is 9.93. The summed E-state index contributed by atoms with van der Waals surface area (Å²) in [6.45, 7) is 3.51. The van der Waals surface area contributed by atoms with E-state index in [-0.39, 0.29) is 18.1 Å². The number of carbonyl (C=O) groups is 1. The molecule has 3 heterocycles. The van der Waals surface area contributed by atoms with E-state index in [0.29, 0.717) is 6.01 Å². The Morgan fingerprint density at radius 2 is 2.33 bits per heavy atom. The predicted octanol–water partition coefficient (Wildman–Crippen LogP) is 2.12. The summed E-state index contributed by atoms with van der Waals surface area (Å²) in [5.74, 6) is -0.144. The van der Waals surface area contributed by atoms with Crippen LogP contribution in [-0.2, 0) is 11.8 Å². The fraction of sp³-hybridized carbons (Fsp3) is 0.368. The topological polar surface area (TPSA) is 86.3 Å². The van der Waals surface area contributed by atoms with Crippen molar-refractivity contribution < 1.29 is 9.53 Å². The maximum absolute atomic E-state index is 11.6. The van der Waals surface area contributed by atoms with Gasteiger partial charge < -0.3 is 10.1 Å². The molecule has 2 atom stereocenters. The van der Waals surface area contributed by atoms with Gasteiger partial charge in [0.1, 0.15) is 11.8 Å². The standard InChI is InChI=1S/C19H22N6O2/c1-3-18(26)22-14-5-4-6-15(9-14)27-19-23-16(13-11-21-24(2)12-13)10-17-20-7-8-25(17)19/h3,7-8,10-12,14-15H,1,4-6,9H2,2H3,(H,22,26). The van der Waals surface area contributed by atoms with Crippen molar-refractivity contribution in [2.45, 2.75) is 37.8 Å². The molecule has 140 valence electrons. The van der Waals surface area contributed by atoms with E-state index in [9.17, 15) is 4.79 Å². The van der Waals surface area contributed by atoms with Crippen LogP contribution in [0.4, 0.5) is 0 Å². The van der Waals surface area contributed by atoms with E-state index in [0.717, 1.165) is 42.6 Å². The first-order valence-corrected chi connectivity index (χ1v) is 9.05. The fourth-order valence-electron chi connectivity index (χ4n) is 3.47. The van der Waals surface area contributed by atoms with Crippen LogP contribution in [0.15, 0.2) is 43.5 Å². The van der Waals surface area contributed by atoms with E-state index in [4.69, 9.17) is 9.72 Å². The maximum atomic E-state index is 11.6.